The van der Waals surface area contributed by atoms with Gasteiger partial charge in [-0.05, 0) is 17.5 Å². The van der Waals surface area contributed by atoms with Crippen LogP contribution >= 0.6 is 11.3 Å². The standard InChI is InChI=1S/C15H16O5S/c1-8(7-16)14(15(17)18)13-5-9-4-10(19-2)11(20-3)6-12(9)21-13/h4-8,14H,1-3H3,(H,17,18). The number of carboxylic acid groups (broad SMARTS) is 1. The van der Waals surface area contributed by atoms with Crippen LogP contribution in [0.4, 0.5) is 0 Å². The van der Waals surface area contributed by atoms with Crippen molar-refractivity contribution in [2.75, 3.05) is 14.2 Å². The van der Waals surface area contributed by atoms with Crippen molar-refractivity contribution in [1.82, 2.24) is 0 Å². The van der Waals surface area contributed by atoms with Crippen LogP contribution in [0.25, 0.3) is 10.1 Å². The van der Waals surface area contributed by atoms with Gasteiger partial charge in [0, 0.05) is 21.6 Å². The Bertz CT molecular complexity index is 635. The summed E-state index contributed by atoms with van der Waals surface area (Å²) < 4.78 is 11.4. The fourth-order valence-electron chi connectivity index (χ4n) is 2.22. The van der Waals surface area contributed by atoms with Crippen molar-refractivity contribution in [1.29, 1.82) is 0 Å². The van der Waals surface area contributed by atoms with Crippen LogP contribution in [-0.4, -0.2) is 31.6 Å². The zero-order valence-electron chi connectivity index (χ0n) is 12.0. The molecule has 0 aliphatic heterocycles. The molecule has 0 fully saturated rings. The topological polar surface area (TPSA) is 72.8 Å². The number of rotatable bonds is 6. The highest BCUT2D eigenvalue weighted by atomic mass is 32.1. The number of carboxylic acids is 1. The fraction of sp³-hybridized carbons (Fsp3) is 0.333. The van der Waals surface area contributed by atoms with Crippen LogP contribution < -0.4 is 9.47 Å². The molecule has 0 bridgehead atoms. The lowest BCUT2D eigenvalue weighted by atomic mass is 9.94. The first-order chi connectivity index (χ1) is 10.0. The van der Waals surface area contributed by atoms with Gasteiger partial charge >= 0.3 is 5.97 Å². The molecule has 0 aliphatic rings. The zero-order chi connectivity index (χ0) is 15.6. The van der Waals surface area contributed by atoms with Gasteiger partial charge in [-0.25, -0.2) is 0 Å². The van der Waals surface area contributed by atoms with Crippen molar-refractivity contribution in [3.8, 4) is 11.5 Å². The van der Waals surface area contributed by atoms with Crippen molar-refractivity contribution >= 4 is 33.7 Å². The number of hydrogen-bond acceptors (Lipinski definition) is 5. The number of fused-ring (bicyclic) bond motifs is 1. The van der Waals surface area contributed by atoms with E-state index in [0.717, 1.165) is 10.1 Å². The van der Waals surface area contributed by atoms with Crippen LogP contribution in [0.3, 0.4) is 0 Å². The van der Waals surface area contributed by atoms with Crippen molar-refractivity contribution in [3.05, 3.63) is 23.1 Å². The Kier molecular flexibility index (Phi) is 4.47. The second-order valence-corrected chi connectivity index (χ2v) is 5.82. The van der Waals surface area contributed by atoms with Gasteiger partial charge in [-0.1, -0.05) is 6.92 Å². The molecule has 0 saturated heterocycles. The Hall–Kier alpha value is -2.08. The largest absolute Gasteiger partial charge is 0.493 e. The Morgan fingerprint density at radius 2 is 1.86 bits per heavy atom. The molecule has 1 heterocycles. The van der Waals surface area contributed by atoms with Crippen molar-refractivity contribution in [2.45, 2.75) is 12.8 Å². The zero-order valence-corrected chi connectivity index (χ0v) is 12.8. The Balaban J connectivity index is 2.55. The molecule has 1 aromatic carbocycles. The van der Waals surface area contributed by atoms with Crippen LogP contribution in [-0.2, 0) is 9.59 Å². The number of aldehydes is 1. The first-order valence-electron chi connectivity index (χ1n) is 6.35. The number of carbonyl (C=O) groups excluding carboxylic acids is 1. The van der Waals surface area contributed by atoms with Gasteiger partial charge in [0.2, 0.25) is 0 Å². The lowest BCUT2D eigenvalue weighted by Crippen LogP contribution is -2.19. The normalized spacial score (nSPS) is 13.7. The van der Waals surface area contributed by atoms with E-state index >= 15 is 0 Å². The average Bonchev–Trinajstić information content (AvgIpc) is 2.86. The van der Waals surface area contributed by atoms with E-state index in [2.05, 4.69) is 0 Å². The molecule has 0 amide bonds. The first-order valence-corrected chi connectivity index (χ1v) is 7.17. The maximum atomic E-state index is 11.4. The van der Waals surface area contributed by atoms with E-state index in [0.29, 0.717) is 22.7 Å². The summed E-state index contributed by atoms with van der Waals surface area (Å²) in [5, 5.41) is 10.2. The molecule has 0 radical (unpaired) electrons. The molecule has 2 rings (SSSR count). The molecule has 0 spiro atoms. The van der Waals surface area contributed by atoms with E-state index < -0.39 is 17.8 Å². The SMILES string of the molecule is COc1cc2cc(C(C(=O)O)C(C)C=O)sc2cc1OC. The molecule has 6 heteroatoms. The summed E-state index contributed by atoms with van der Waals surface area (Å²) in [6.07, 6.45) is 0.671. The first kappa shape index (κ1) is 15.3. The Morgan fingerprint density at radius 1 is 1.24 bits per heavy atom. The summed E-state index contributed by atoms with van der Waals surface area (Å²) in [7, 11) is 3.10. The summed E-state index contributed by atoms with van der Waals surface area (Å²) in [5.41, 5.74) is 0. The molecular weight excluding hydrogens is 292 g/mol. The van der Waals surface area contributed by atoms with Crippen LogP contribution in [0.2, 0.25) is 0 Å². The Morgan fingerprint density at radius 3 is 2.38 bits per heavy atom. The molecule has 1 N–H and O–H groups in total. The number of ether oxygens (including phenoxy) is 2. The third-order valence-corrected chi connectivity index (χ3v) is 4.54. The minimum Gasteiger partial charge on any atom is -0.493 e. The highest BCUT2D eigenvalue weighted by Gasteiger charge is 2.28. The molecule has 5 nitrogen and oxygen atoms in total. The van der Waals surface area contributed by atoms with Crippen molar-refractivity contribution < 1.29 is 24.2 Å². The number of methoxy groups -OCH3 is 2. The van der Waals surface area contributed by atoms with Crippen LogP contribution in [0.15, 0.2) is 18.2 Å². The maximum absolute atomic E-state index is 11.4. The smallest absolute Gasteiger partial charge is 0.312 e. The van der Waals surface area contributed by atoms with Gasteiger partial charge in [-0.2, -0.15) is 0 Å². The fourth-order valence-corrected chi connectivity index (χ4v) is 3.51. The third kappa shape index (κ3) is 2.85. The van der Waals surface area contributed by atoms with Gasteiger partial charge in [0.05, 0.1) is 14.2 Å². The van der Waals surface area contributed by atoms with Gasteiger partial charge in [-0.3, -0.25) is 4.79 Å². The Labute approximate surface area is 126 Å². The van der Waals surface area contributed by atoms with Gasteiger partial charge in [0.1, 0.15) is 12.2 Å². The lowest BCUT2D eigenvalue weighted by Gasteiger charge is -2.12. The molecule has 0 aliphatic carbocycles. The number of thiophene rings is 1. The number of aliphatic carboxylic acids is 1. The molecule has 0 saturated carbocycles. The molecule has 1 aromatic heterocycles. The van der Waals surface area contributed by atoms with Crippen LogP contribution in [0.5, 0.6) is 11.5 Å². The third-order valence-electron chi connectivity index (χ3n) is 3.35. The minimum atomic E-state index is -1.000. The van der Waals surface area contributed by atoms with E-state index in [9.17, 15) is 14.7 Å². The number of carbonyl (C=O) groups is 2. The molecular formula is C15H16O5S. The summed E-state index contributed by atoms with van der Waals surface area (Å²) in [6.45, 7) is 1.61. The van der Waals surface area contributed by atoms with E-state index in [1.54, 1.807) is 33.3 Å². The van der Waals surface area contributed by atoms with E-state index in [1.807, 2.05) is 6.07 Å². The average molecular weight is 308 g/mol. The molecule has 2 aromatic rings. The van der Waals surface area contributed by atoms with Gasteiger partial charge in [0.15, 0.2) is 11.5 Å². The van der Waals surface area contributed by atoms with E-state index in [4.69, 9.17) is 9.47 Å². The molecule has 21 heavy (non-hydrogen) atoms. The summed E-state index contributed by atoms with van der Waals surface area (Å²) >= 11 is 1.35. The van der Waals surface area contributed by atoms with Gasteiger partial charge < -0.3 is 19.4 Å². The number of benzene rings is 1. The van der Waals surface area contributed by atoms with Gasteiger partial charge in [0.25, 0.3) is 0 Å². The van der Waals surface area contributed by atoms with Crippen molar-refractivity contribution in [3.63, 3.8) is 0 Å². The number of hydrogen-bond donors (Lipinski definition) is 1. The van der Waals surface area contributed by atoms with Crippen LogP contribution in [0.1, 0.15) is 17.7 Å². The summed E-state index contributed by atoms with van der Waals surface area (Å²) in [4.78, 5) is 23.0. The van der Waals surface area contributed by atoms with Crippen molar-refractivity contribution in [2.24, 2.45) is 5.92 Å². The second-order valence-electron chi connectivity index (χ2n) is 4.70. The van der Waals surface area contributed by atoms with Crippen LogP contribution in [0, 0.1) is 5.92 Å². The van der Waals surface area contributed by atoms with E-state index in [1.165, 1.54) is 11.3 Å². The maximum Gasteiger partial charge on any atom is 0.312 e. The monoisotopic (exact) mass is 308 g/mol. The second kappa shape index (κ2) is 6.13. The van der Waals surface area contributed by atoms with E-state index in [-0.39, 0.29) is 0 Å². The summed E-state index contributed by atoms with van der Waals surface area (Å²) in [5.74, 6) is -1.24. The highest BCUT2D eigenvalue weighted by Crippen LogP contribution is 2.39. The van der Waals surface area contributed by atoms with Gasteiger partial charge in [-0.15, -0.1) is 11.3 Å². The lowest BCUT2D eigenvalue weighted by molar-refractivity contribution is -0.141. The molecule has 112 valence electrons. The predicted octanol–water partition coefficient (Wildman–Crippen LogP) is 2.92. The molecule has 2 atom stereocenters. The predicted molar refractivity (Wildman–Crippen MR) is 80.5 cm³/mol. The highest BCUT2D eigenvalue weighted by molar-refractivity contribution is 7.19. The summed E-state index contributed by atoms with van der Waals surface area (Å²) in [6, 6.07) is 5.41. The quantitative estimate of drug-likeness (QED) is 0.831. The minimum absolute atomic E-state index is 0.584. The molecule has 2 unspecified atom stereocenters.